The third kappa shape index (κ3) is 2.76. The normalized spacial score (nSPS) is 21.9. The average molecular weight is 283 g/mol. The molecule has 1 aliphatic rings. The number of pyridine rings is 1. The zero-order valence-electron chi connectivity index (χ0n) is 9.82. The molecule has 0 amide bonds. The highest BCUT2D eigenvalue weighted by atomic mass is 79.9. The fourth-order valence-corrected chi connectivity index (χ4v) is 2.85. The second-order valence-electron chi connectivity index (χ2n) is 4.47. The molecule has 1 aromatic heterocycles. The van der Waals surface area contributed by atoms with Crippen molar-refractivity contribution in [3.8, 4) is 0 Å². The van der Waals surface area contributed by atoms with E-state index in [1.807, 2.05) is 12.4 Å². The highest BCUT2D eigenvalue weighted by molar-refractivity contribution is 9.10. The summed E-state index contributed by atoms with van der Waals surface area (Å²) in [5, 5.41) is 0. The summed E-state index contributed by atoms with van der Waals surface area (Å²) in [6.45, 7) is 3.46. The van der Waals surface area contributed by atoms with Crippen LogP contribution in [0.15, 0.2) is 22.9 Å². The second kappa shape index (κ2) is 5.67. The van der Waals surface area contributed by atoms with Gasteiger partial charge in [-0.3, -0.25) is 4.98 Å². The predicted molar refractivity (Wildman–Crippen MR) is 71.8 cm³/mol. The number of hydrogen-bond donors (Lipinski definition) is 0. The maximum atomic E-state index is 4.27. The molecule has 0 bridgehead atoms. The van der Waals surface area contributed by atoms with Gasteiger partial charge in [-0.2, -0.15) is 0 Å². The van der Waals surface area contributed by atoms with Crippen molar-refractivity contribution in [2.75, 3.05) is 11.4 Å². The molecule has 1 fully saturated rings. The zero-order valence-corrected chi connectivity index (χ0v) is 11.4. The molecule has 0 aromatic carbocycles. The van der Waals surface area contributed by atoms with Crippen molar-refractivity contribution in [2.45, 2.75) is 45.1 Å². The van der Waals surface area contributed by atoms with Crippen LogP contribution < -0.4 is 4.90 Å². The maximum absolute atomic E-state index is 4.27. The predicted octanol–water partition coefficient (Wildman–Crippen LogP) is 4.00. The summed E-state index contributed by atoms with van der Waals surface area (Å²) in [6.07, 6.45) is 10.4. The van der Waals surface area contributed by atoms with Crippen molar-refractivity contribution in [1.82, 2.24) is 4.98 Å². The van der Waals surface area contributed by atoms with Gasteiger partial charge in [0, 0.05) is 23.3 Å². The van der Waals surface area contributed by atoms with E-state index in [9.17, 15) is 0 Å². The minimum absolute atomic E-state index is 0.693. The summed E-state index contributed by atoms with van der Waals surface area (Å²) in [4.78, 5) is 6.80. The SMILES string of the molecule is CCC1CCCCCN1c1cncc(Br)c1. The second-order valence-corrected chi connectivity index (χ2v) is 5.38. The van der Waals surface area contributed by atoms with Crippen LogP contribution in [-0.2, 0) is 0 Å². The van der Waals surface area contributed by atoms with Crippen molar-refractivity contribution >= 4 is 21.6 Å². The van der Waals surface area contributed by atoms with Gasteiger partial charge >= 0.3 is 0 Å². The molecule has 1 saturated heterocycles. The third-order valence-electron chi connectivity index (χ3n) is 3.37. The lowest BCUT2D eigenvalue weighted by molar-refractivity contribution is 0.556. The molecule has 2 rings (SSSR count). The minimum atomic E-state index is 0.693. The number of rotatable bonds is 2. The van der Waals surface area contributed by atoms with Crippen LogP contribution in [0.2, 0.25) is 0 Å². The number of nitrogens with zero attached hydrogens (tertiary/aromatic N) is 2. The Morgan fingerprint density at radius 3 is 3.00 bits per heavy atom. The smallest absolute Gasteiger partial charge is 0.0566 e. The maximum Gasteiger partial charge on any atom is 0.0566 e. The van der Waals surface area contributed by atoms with Gasteiger partial charge in [-0.15, -0.1) is 0 Å². The van der Waals surface area contributed by atoms with Crippen LogP contribution in [0.3, 0.4) is 0 Å². The van der Waals surface area contributed by atoms with Crippen LogP contribution in [0, 0.1) is 0 Å². The summed E-state index contributed by atoms with van der Waals surface area (Å²) < 4.78 is 1.07. The van der Waals surface area contributed by atoms with Gasteiger partial charge in [0.15, 0.2) is 0 Å². The zero-order chi connectivity index (χ0) is 11.4. The number of halogens is 1. The lowest BCUT2D eigenvalue weighted by atomic mass is 10.1. The molecule has 0 saturated carbocycles. The van der Waals surface area contributed by atoms with E-state index in [4.69, 9.17) is 0 Å². The molecule has 3 heteroatoms. The van der Waals surface area contributed by atoms with Crippen molar-refractivity contribution in [2.24, 2.45) is 0 Å². The minimum Gasteiger partial charge on any atom is -0.367 e. The Labute approximate surface area is 106 Å². The first-order valence-corrected chi connectivity index (χ1v) is 6.97. The molecule has 1 aromatic rings. The molecule has 0 radical (unpaired) electrons. The van der Waals surface area contributed by atoms with Gasteiger partial charge in [0.25, 0.3) is 0 Å². The van der Waals surface area contributed by atoms with Crippen LogP contribution in [0.1, 0.15) is 39.0 Å². The van der Waals surface area contributed by atoms with Crippen molar-refractivity contribution < 1.29 is 0 Å². The highest BCUT2D eigenvalue weighted by Gasteiger charge is 2.19. The highest BCUT2D eigenvalue weighted by Crippen LogP contribution is 2.26. The fourth-order valence-electron chi connectivity index (χ4n) is 2.50. The summed E-state index contributed by atoms with van der Waals surface area (Å²) >= 11 is 3.50. The van der Waals surface area contributed by atoms with Gasteiger partial charge in [0.1, 0.15) is 0 Å². The van der Waals surface area contributed by atoms with E-state index >= 15 is 0 Å². The van der Waals surface area contributed by atoms with Crippen molar-refractivity contribution in [3.05, 3.63) is 22.9 Å². The number of hydrogen-bond acceptors (Lipinski definition) is 2. The Kier molecular flexibility index (Phi) is 4.22. The first-order chi connectivity index (χ1) is 7.81. The summed E-state index contributed by atoms with van der Waals surface area (Å²) in [7, 11) is 0. The van der Waals surface area contributed by atoms with E-state index in [-0.39, 0.29) is 0 Å². The molecule has 0 N–H and O–H groups in total. The number of aromatic nitrogens is 1. The van der Waals surface area contributed by atoms with E-state index in [1.54, 1.807) is 0 Å². The first-order valence-electron chi connectivity index (χ1n) is 6.18. The summed E-state index contributed by atoms with van der Waals surface area (Å²) in [5.74, 6) is 0. The van der Waals surface area contributed by atoms with Gasteiger partial charge in [0.05, 0.1) is 11.9 Å². The van der Waals surface area contributed by atoms with E-state index in [0.717, 1.165) is 4.47 Å². The van der Waals surface area contributed by atoms with Crippen LogP contribution in [0.25, 0.3) is 0 Å². The lowest BCUT2D eigenvalue weighted by Crippen LogP contribution is -2.34. The molecule has 1 atom stereocenters. The largest absolute Gasteiger partial charge is 0.367 e. The molecule has 1 aliphatic heterocycles. The van der Waals surface area contributed by atoms with Crippen LogP contribution in [0.4, 0.5) is 5.69 Å². The van der Waals surface area contributed by atoms with Gasteiger partial charge < -0.3 is 4.90 Å². The summed E-state index contributed by atoms with van der Waals surface area (Å²) in [5.41, 5.74) is 1.27. The van der Waals surface area contributed by atoms with E-state index in [1.165, 1.54) is 44.3 Å². The number of anilines is 1. The Bertz CT molecular complexity index is 340. The lowest BCUT2D eigenvalue weighted by Gasteiger charge is -2.31. The van der Waals surface area contributed by atoms with E-state index in [2.05, 4.69) is 38.8 Å². The first kappa shape index (κ1) is 11.9. The molecule has 1 unspecified atom stereocenters. The molecule has 2 nitrogen and oxygen atoms in total. The van der Waals surface area contributed by atoms with E-state index in [0.29, 0.717) is 6.04 Å². The van der Waals surface area contributed by atoms with Gasteiger partial charge in [-0.1, -0.05) is 19.8 Å². The molecule has 0 spiro atoms. The molecular weight excluding hydrogens is 264 g/mol. The average Bonchev–Trinajstić information content (AvgIpc) is 2.53. The topological polar surface area (TPSA) is 16.1 Å². The Morgan fingerprint density at radius 1 is 1.38 bits per heavy atom. The van der Waals surface area contributed by atoms with Gasteiger partial charge in [0.2, 0.25) is 0 Å². The quantitative estimate of drug-likeness (QED) is 0.815. The molecule has 0 aliphatic carbocycles. The van der Waals surface area contributed by atoms with Crippen LogP contribution in [-0.4, -0.2) is 17.6 Å². The Hall–Kier alpha value is -0.570. The summed E-state index contributed by atoms with van der Waals surface area (Å²) in [6, 6.07) is 2.87. The molecule has 16 heavy (non-hydrogen) atoms. The van der Waals surface area contributed by atoms with Crippen LogP contribution >= 0.6 is 15.9 Å². The van der Waals surface area contributed by atoms with Crippen molar-refractivity contribution in [1.29, 1.82) is 0 Å². The molecule has 88 valence electrons. The Balaban J connectivity index is 2.21. The van der Waals surface area contributed by atoms with Crippen LogP contribution in [0.5, 0.6) is 0 Å². The van der Waals surface area contributed by atoms with Gasteiger partial charge in [-0.25, -0.2) is 0 Å². The Morgan fingerprint density at radius 2 is 2.25 bits per heavy atom. The van der Waals surface area contributed by atoms with Crippen molar-refractivity contribution in [3.63, 3.8) is 0 Å². The standard InChI is InChI=1S/C13H19BrN2/c1-2-12-6-4-3-5-7-16(12)13-8-11(14)9-15-10-13/h8-10,12H,2-7H2,1H3. The van der Waals surface area contributed by atoms with Gasteiger partial charge in [-0.05, 0) is 41.3 Å². The third-order valence-corrected chi connectivity index (χ3v) is 3.80. The fraction of sp³-hybridized carbons (Fsp3) is 0.615. The molecular formula is C13H19BrN2. The molecule has 2 heterocycles. The monoisotopic (exact) mass is 282 g/mol. The van der Waals surface area contributed by atoms with E-state index < -0.39 is 0 Å².